The Labute approximate surface area is 142 Å². The second kappa shape index (κ2) is 5.86. The van der Waals surface area contributed by atoms with Crippen molar-refractivity contribution >= 4 is 6.09 Å². The highest BCUT2D eigenvalue weighted by Gasteiger charge is 2.40. The molecule has 1 aliphatic carbocycles. The van der Waals surface area contributed by atoms with Gasteiger partial charge in [0.1, 0.15) is 5.75 Å². The fourth-order valence-electron chi connectivity index (χ4n) is 3.71. The number of carbonyl (C=O) groups is 1. The Balaban J connectivity index is 2.00. The number of ether oxygens (including phenoxy) is 1. The number of carboxylic acid groups (broad SMARTS) is 1. The van der Waals surface area contributed by atoms with E-state index in [0.29, 0.717) is 0 Å². The monoisotopic (exact) mass is 325 g/mol. The van der Waals surface area contributed by atoms with Crippen molar-refractivity contribution in [3.63, 3.8) is 0 Å². The van der Waals surface area contributed by atoms with Crippen LogP contribution in [0.2, 0.25) is 0 Å². The van der Waals surface area contributed by atoms with E-state index in [9.17, 15) is 4.79 Å². The van der Waals surface area contributed by atoms with Gasteiger partial charge in [-0.3, -0.25) is 0 Å². The van der Waals surface area contributed by atoms with Gasteiger partial charge in [-0.15, -0.1) is 0 Å². The largest absolute Gasteiger partial charge is 0.497 e. The molecule has 4 heteroatoms. The summed E-state index contributed by atoms with van der Waals surface area (Å²) in [6.07, 6.45) is -0.118. The highest BCUT2D eigenvalue weighted by molar-refractivity contribution is 5.71. The van der Waals surface area contributed by atoms with Crippen molar-refractivity contribution in [3.8, 4) is 16.9 Å². The van der Waals surface area contributed by atoms with Crippen molar-refractivity contribution in [1.29, 1.82) is 0 Å². The van der Waals surface area contributed by atoms with Crippen molar-refractivity contribution in [2.75, 3.05) is 7.11 Å². The first-order chi connectivity index (χ1) is 11.3. The van der Waals surface area contributed by atoms with Crippen LogP contribution in [0.15, 0.2) is 36.4 Å². The average molecular weight is 325 g/mol. The Morgan fingerprint density at radius 3 is 2.62 bits per heavy atom. The Bertz CT molecular complexity index is 795. The number of amides is 1. The van der Waals surface area contributed by atoms with Crippen LogP contribution in [0.3, 0.4) is 0 Å². The molecule has 0 fully saturated rings. The van der Waals surface area contributed by atoms with Gasteiger partial charge in [-0.1, -0.05) is 38.1 Å². The molecule has 0 bridgehead atoms. The summed E-state index contributed by atoms with van der Waals surface area (Å²) < 4.78 is 5.27. The first-order valence-corrected chi connectivity index (χ1v) is 8.09. The van der Waals surface area contributed by atoms with E-state index in [0.717, 1.165) is 28.9 Å². The van der Waals surface area contributed by atoms with E-state index in [1.807, 2.05) is 12.1 Å². The number of hydrogen-bond acceptors (Lipinski definition) is 2. The minimum Gasteiger partial charge on any atom is -0.497 e. The molecule has 0 spiro atoms. The fraction of sp³-hybridized carbons (Fsp3) is 0.350. The molecular formula is C20H23NO3. The lowest BCUT2D eigenvalue weighted by Crippen LogP contribution is -2.34. The predicted octanol–water partition coefficient (Wildman–Crippen LogP) is 4.56. The molecule has 2 aromatic carbocycles. The molecular weight excluding hydrogens is 302 g/mol. The summed E-state index contributed by atoms with van der Waals surface area (Å²) in [6, 6.07) is 12.2. The SMILES string of the molecule is COc1ccc(-c2ccc3c(c2)CC(C)(C)C3NC(=O)O)c(C)c1. The number of rotatable bonds is 3. The van der Waals surface area contributed by atoms with Crippen LogP contribution in [0.4, 0.5) is 4.79 Å². The number of methoxy groups -OCH3 is 1. The summed E-state index contributed by atoms with van der Waals surface area (Å²) in [6.45, 7) is 6.28. The summed E-state index contributed by atoms with van der Waals surface area (Å²) in [5.41, 5.74) is 5.65. The van der Waals surface area contributed by atoms with Gasteiger partial charge in [0.25, 0.3) is 0 Å². The quantitative estimate of drug-likeness (QED) is 0.869. The summed E-state index contributed by atoms with van der Waals surface area (Å²) in [5, 5.41) is 11.8. The summed E-state index contributed by atoms with van der Waals surface area (Å²) in [4.78, 5) is 11.1. The van der Waals surface area contributed by atoms with E-state index in [1.54, 1.807) is 7.11 Å². The minimum atomic E-state index is -0.976. The van der Waals surface area contributed by atoms with Gasteiger partial charge in [-0.05, 0) is 58.7 Å². The molecule has 1 atom stereocenters. The van der Waals surface area contributed by atoms with Crippen molar-refractivity contribution in [2.45, 2.75) is 33.2 Å². The van der Waals surface area contributed by atoms with E-state index in [1.165, 1.54) is 11.1 Å². The fourth-order valence-corrected chi connectivity index (χ4v) is 3.71. The molecule has 2 aromatic rings. The van der Waals surface area contributed by atoms with Crippen molar-refractivity contribution in [2.24, 2.45) is 5.41 Å². The molecule has 0 aromatic heterocycles. The van der Waals surface area contributed by atoms with Crippen LogP contribution in [-0.2, 0) is 6.42 Å². The third kappa shape index (κ3) is 2.84. The molecule has 0 aliphatic heterocycles. The summed E-state index contributed by atoms with van der Waals surface area (Å²) >= 11 is 0. The maximum absolute atomic E-state index is 11.1. The number of benzene rings is 2. The third-order valence-corrected chi connectivity index (χ3v) is 4.89. The Morgan fingerprint density at radius 1 is 1.25 bits per heavy atom. The van der Waals surface area contributed by atoms with Gasteiger partial charge in [0, 0.05) is 0 Å². The zero-order chi connectivity index (χ0) is 17.5. The predicted molar refractivity (Wildman–Crippen MR) is 94.6 cm³/mol. The van der Waals surface area contributed by atoms with E-state index < -0.39 is 6.09 Å². The molecule has 3 rings (SSSR count). The normalized spacial score (nSPS) is 18.1. The highest BCUT2D eigenvalue weighted by atomic mass is 16.5. The van der Waals surface area contributed by atoms with Gasteiger partial charge in [0.05, 0.1) is 13.2 Å². The molecule has 0 heterocycles. The van der Waals surface area contributed by atoms with Crippen molar-refractivity contribution < 1.29 is 14.6 Å². The zero-order valence-electron chi connectivity index (χ0n) is 14.5. The minimum absolute atomic E-state index is 0.131. The van der Waals surface area contributed by atoms with Crippen LogP contribution >= 0.6 is 0 Å². The number of fused-ring (bicyclic) bond motifs is 1. The number of hydrogen-bond donors (Lipinski definition) is 2. The summed E-state index contributed by atoms with van der Waals surface area (Å²) in [7, 11) is 1.67. The van der Waals surface area contributed by atoms with Crippen LogP contribution in [0.25, 0.3) is 11.1 Å². The molecule has 2 N–H and O–H groups in total. The third-order valence-electron chi connectivity index (χ3n) is 4.89. The smallest absolute Gasteiger partial charge is 0.405 e. The standard InChI is InChI=1S/C20H23NO3/c1-12-9-15(24-4)6-8-16(12)13-5-7-17-14(10-13)11-20(2,3)18(17)21-19(22)23/h5-10,18,21H,11H2,1-4H3,(H,22,23). The molecule has 4 nitrogen and oxygen atoms in total. The topological polar surface area (TPSA) is 58.6 Å². The van der Waals surface area contributed by atoms with Crippen LogP contribution in [0.1, 0.15) is 36.6 Å². The van der Waals surface area contributed by atoms with Gasteiger partial charge in [0.15, 0.2) is 0 Å². The molecule has 126 valence electrons. The molecule has 0 saturated heterocycles. The van der Waals surface area contributed by atoms with E-state index in [4.69, 9.17) is 9.84 Å². The highest BCUT2D eigenvalue weighted by Crippen LogP contribution is 2.46. The molecule has 24 heavy (non-hydrogen) atoms. The summed E-state index contributed by atoms with van der Waals surface area (Å²) in [5.74, 6) is 0.851. The number of aryl methyl sites for hydroxylation is 1. The first kappa shape index (κ1) is 16.4. The Kier molecular flexibility index (Phi) is 3.99. The molecule has 1 unspecified atom stereocenters. The molecule has 1 amide bonds. The van der Waals surface area contributed by atoms with Gasteiger partial charge in [-0.25, -0.2) is 4.79 Å². The van der Waals surface area contributed by atoms with Crippen LogP contribution < -0.4 is 10.1 Å². The Morgan fingerprint density at radius 2 is 2.00 bits per heavy atom. The van der Waals surface area contributed by atoms with Gasteiger partial charge < -0.3 is 15.2 Å². The molecule has 0 saturated carbocycles. The second-order valence-electron chi connectivity index (χ2n) is 7.14. The maximum Gasteiger partial charge on any atom is 0.405 e. The lowest BCUT2D eigenvalue weighted by atomic mass is 9.85. The van der Waals surface area contributed by atoms with E-state index in [2.05, 4.69) is 50.4 Å². The molecule has 0 radical (unpaired) electrons. The first-order valence-electron chi connectivity index (χ1n) is 8.09. The number of nitrogens with one attached hydrogen (secondary N) is 1. The second-order valence-corrected chi connectivity index (χ2v) is 7.14. The van der Waals surface area contributed by atoms with Gasteiger partial charge >= 0.3 is 6.09 Å². The van der Waals surface area contributed by atoms with Crippen molar-refractivity contribution in [1.82, 2.24) is 5.32 Å². The lowest BCUT2D eigenvalue weighted by molar-refractivity contribution is 0.175. The van der Waals surface area contributed by atoms with Gasteiger partial charge in [-0.2, -0.15) is 0 Å². The van der Waals surface area contributed by atoms with E-state index in [-0.39, 0.29) is 11.5 Å². The van der Waals surface area contributed by atoms with E-state index >= 15 is 0 Å². The Hall–Kier alpha value is -2.49. The van der Waals surface area contributed by atoms with Gasteiger partial charge in [0.2, 0.25) is 0 Å². The zero-order valence-corrected chi connectivity index (χ0v) is 14.5. The van der Waals surface area contributed by atoms with Crippen LogP contribution in [0, 0.1) is 12.3 Å². The van der Waals surface area contributed by atoms with Crippen molar-refractivity contribution in [3.05, 3.63) is 53.1 Å². The lowest BCUT2D eigenvalue weighted by Gasteiger charge is -2.27. The van der Waals surface area contributed by atoms with Crippen LogP contribution in [-0.4, -0.2) is 18.3 Å². The maximum atomic E-state index is 11.1. The van der Waals surface area contributed by atoms with Crippen LogP contribution in [0.5, 0.6) is 5.75 Å². The molecule has 1 aliphatic rings. The average Bonchev–Trinajstić information content (AvgIpc) is 2.76.